The maximum absolute atomic E-state index is 11.8. The molecule has 1 aliphatic heterocycles. The number of ether oxygens (including phenoxy) is 5. The molecule has 0 spiro atoms. The largest absolute Gasteiger partial charge is 0.458 e. The van der Waals surface area contributed by atoms with E-state index in [4.69, 9.17) is 29.2 Å². The fourth-order valence-corrected chi connectivity index (χ4v) is 3.75. The van der Waals surface area contributed by atoms with E-state index in [1.807, 2.05) is 42.5 Å². The van der Waals surface area contributed by atoms with Crippen molar-refractivity contribution in [3.8, 4) is 0 Å². The lowest BCUT2D eigenvalue weighted by molar-refractivity contribution is -0.268. The van der Waals surface area contributed by atoms with E-state index in [0.29, 0.717) is 0 Å². The highest BCUT2D eigenvalue weighted by Gasteiger charge is 2.51. The van der Waals surface area contributed by atoms with Gasteiger partial charge in [-0.15, -0.1) is 0 Å². The molecule has 0 saturated carbocycles. The van der Waals surface area contributed by atoms with Crippen molar-refractivity contribution in [2.75, 3.05) is 6.61 Å². The Labute approximate surface area is 195 Å². The van der Waals surface area contributed by atoms with Crippen molar-refractivity contribution in [3.05, 3.63) is 58.5 Å². The van der Waals surface area contributed by atoms with E-state index in [1.54, 1.807) is 0 Å². The van der Waals surface area contributed by atoms with Gasteiger partial charge in [-0.1, -0.05) is 41.5 Å². The Hall–Kier alpha value is -3.66. The van der Waals surface area contributed by atoms with Crippen molar-refractivity contribution in [1.29, 1.82) is 0 Å². The number of benzene rings is 2. The first-order valence-electron chi connectivity index (χ1n) is 10.5. The van der Waals surface area contributed by atoms with Crippen LogP contribution in [-0.2, 0) is 44.7 Å². The van der Waals surface area contributed by atoms with E-state index in [9.17, 15) is 14.4 Å². The molecule has 1 unspecified atom stereocenters. The fourth-order valence-electron chi connectivity index (χ4n) is 3.75. The standard InChI is InChI=1S/C23H25N3O8/c1-13(27)31-21-19(12-30-11-16-8-9-17-6-4-5-7-18(17)10-16)34-23(33-15(3)29)20(25-26-24)22(21)32-14(2)28/h4-10,19-23H,11-12H2,1-3H3/t19-,20-,21-,22-,23?/m1/s1. The van der Waals surface area contributed by atoms with Gasteiger partial charge in [-0.2, -0.15) is 0 Å². The smallest absolute Gasteiger partial charge is 0.304 e. The molecule has 0 aliphatic carbocycles. The van der Waals surface area contributed by atoms with Crippen LogP contribution in [0.3, 0.4) is 0 Å². The Morgan fingerprint density at radius 1 is 0.941 bits per heavy atom. The van der Waals surface area contributed by atoms with Gasteiger partial charge in [-0.3, -0.25) is 14.4 Å². The lowest BCUT2D eigenvalue weighted by Gasteiger charge is -2.43. The number of fused-ring (bicyclic) bond motifs is 1. The van der Waals surface area contributed by atoms with Crippen LogP contribution in [0.4, 0.5) is 0 Å². The molecule has 0 bridgehead atoms. The van der Waals surface area contributed by atoms with Crippen molar-refractivity contribution < 1.29 is 38.1 Å². The fraction of sp³-hybridized carbons (Fsp3) is 0.435. The van der Waals surface area contributed by atoms with Crippen LogP contribution in [0, 0.1) is 0 Å². The van der Waals surface area contributed by atoms with Gasteiger partial charge in [0.1, 0.15) is 12.1 Å². The maximum Gasteiger partial charge on any atom is 0.304 e. The van der Waals surface area contributed by atoms with Gasteiger partial charge in [0.15, 0.2) is 12.2 Å². The Morgan fingerprint density at radius 2 is 1.59 bits per heavy atom. The molecule has 0 radical (unpaired) electrons. The Balaban J connectivity index is 1.81. The molecule has 1 heterocycles. The van der Waals surface area contributed by atoms with Crippen LogP contribution in [0.2, 0.25) is 0 Å². The minimum Gasteiger partial charge on any atom is -0.458 e. The molecule has 1 fully saturated rings. The summed E-state index contributed by atoms with van der Waals surface area (Å²) in [5, 5.41) is 5.72. The predicted octanol–water partition coefficient (Wildman–Crippen LogP) is 3.19. The van der Waals surface area contributed by atoms with Crippen LogP contribution in [0.5, 0.6) is 0 Å². The Kier molecular flexibility index (Phi) is 8.42. The summed E-state index contributed by atoms with van der Waals surface area (Å²) >= 11 is 0. The number of nitrogens with zero attached hydrogens (tertiary/aromatic N) is 3. The van der Waals surface area contributed by atoms with Crippen molar-refractivity contribution in [2.45, 2.75) is 58.0 Å². The second-order valence-electron chi connectivity index (χ2n) is 7.69. The van der Waals surface area contributed by atoms with E-state index in [2.05, 4.69) is 10.0 Å². The van der Waals surface area contributed by atoms with Gasteiger partial charge in [-0.05, 0) is 27.9 Å². The molecule has 34 heavy (non-hydrogen) atoms. The molecule has 3 rings (SSSR count). The van der Waals surface area contributed by atoms with Gasteiger partial charge >= 0.3 is 17.9 Å². The zero-order valence-corrected chi connectivity index (χ0v) is 19.0. The topological polar surface area (TPSA) is 146 Å². The number of carbonyl (C=O) groups is 3. The van der Waals surface area contributed by atoms with Gasteiger partial charge in [0, 0.05) is 25.7 Å². The lowest BCUT2D eigenvalue weighted by Crippen LogP contribution is -2.61. The molecule has 1 saturated heterocycles. The van der Waals surface area contributed by atoms with Crippen LogP contribution in [0.1, 0.15) is 26.3 Å². The third-order valence-electron chi connectivity index (χ3n) is 5.05. The number of hydrogen-bond acceptors (Lipinski definition) is 9. The number of rotatable bonds is 8. The highest BCUT2D eigenvalue weighted by atomic mass is 16.7. The molecule has 11 nitrogen and oxygen atoms in total. The molecule has 2 aromatic carbocycles. The van der Waals surface area contributed by atoms with Crippen LogP contribution in [-0.4, -0.2) is 55.2 Å². The molecular formula is C23H25N3O8. The zero-order valence-electron chi connectivity index (χ0n) is 19.0. The van der Waals surface area contributed by atoms with Gasteiger partial charge in [-0.25, -0.2) is 0 Å². The third kappa shape index (κ3) is 6.44. The molecule has 0 N–H and O–H groups in total. The average Bonchev–Trinajstić information content (AvgIpc) is 2.77. The first kappa shape index (κ1) is 25.0. The molecule has 2 aromatic rings. The maximum atomic E-state index is 11.8. The summed E-state index contributed by atoms with van der Waals surface area (Å²) in [4.78, 5) is 37.9. The van der Waals surface area contributed by atoms with E-state index in [0.717, 1.165) is 30.2 Å². The summed E-state index contributed by atoms with van der Waals surface area (Å²) in [6.07, 6.45) is -4.79. The van der Waals surface area contributed by atoms with Crippen molar-refractivity contribution in [1.82, 2.24) is 0 Å². The van der Waals surface area contributed by atoms with Crippen molar-refractivity contribution in [2.24, 2.45) is 5.11 Å². The quantitative estimate of drug-likeness (QED) is 0.187. The van der Waals surface area contributed by atoms with E-state index in [-0.39, 0.29) is 13.2 Å². The number of carbonyl (C=O) groups excluding carboxylic acids is 3. The van der Waals surface area contributed by atoms with Crippen LogP contribution < -0.4 is 0 Å². The Morgan fingerprint density at radius 3 is 2.24 bits per heavy atom. The monoisotopic (exact) mass is 471 g/mol. The Bertz CT molecular complexity index is 1100. The molecule has 11 heteroatoms. The summed E-state index contributed by atoms with van der Waals surface area (Å²) in [6.45, 7) is 3.61. The highest BCUT2D eigenvalue weighted by Crippen LogP contribution is 2.30. The van der Waals surface area contributed by atoms with E-state index in [1.165, 1.54) is 6.92 Å². The predicted molar refractivity (Wildman–Crippen MR) is 118 cm³/mol. The summed E-state index contributed by atoms with van der Waals surface area (Å²) in [6, 6.07) is 12.5. The van der Waals surface area contributed by atoms with E-state index < -0.39 is 48.6 Å². The summed E-state index contributed by atoms with van der Waals surface area (Å²) in [5.41, 5.74) is 9.89. The van der Waals surface area contributed by atoms with Crippen molar-refractivity contribution >= 4 is 28.7 Å². The first-order valence-corrected chi connectivity index (χ1v) is 10.5. The van der Waals surface area contributed by atoms with Gasteiger partial charge in [0.25, 0.3) is 0 Å². The molecule has 0 aromatic heterocycles. The summed E-state index contributed by atoms with van der Waals surface area (Å²) in [5.74, 6) is -2.08. The minimum absolute atomic E-state index is 0.0940. The third-order valence-corrected chi connectivity index (χ3v) is 5.05. The molecule has 1 aliphatic rings. The zero-order chi connectivity index (χ0) is 24.7. The SMILES string of the molecule is CC(=O)OC1O[C@H](COCc2ccc3ccccc3c2)[C@@H](OC(C)=O)[C@H](OC(C)=O)[C@H]1N=[N+]=[N-]. The number of esters is 3. The van der Waals surface area contributed by atoms with E-state index >= 15 is 0 Å². The average molecular weight is 471 g/mol. The highest BCUT2D eigenvalue weighted by molar-refractivity contribution is 5.82. The minimum atomic E-state index is -1.38. The number of azide groups is 1. The normalized spacial score (nSPS) is 24.0. The van der Waals surface area contributed by atoms with Gasteiger partial charge in [0.2, 0.25) is 6.29 Å². The van der Waals surface area contributed by atoms with Crippen LogP contribution in [0.15, 0.2) is 47.6 Å². The lowest BCUT2D eigenvalue weighted by atomic mass is 9.97. The molecule has 5 atom stereocenters. The number of hydrogen-bond donors (Lipinski definition) is 0. The van der Waals surface area contributed by atoms with Crippen LogP contribution >= 0.6 is 0 Å². The molecular weight excluding hydrogens is 446 g/mol. The van der Waals surface area contributed by atoms with Gasteiger partial charge in [0.05, 0.1) is 13.2 Å². The molecule has 0 amide bonds. The summed E-state index contributed by atoms with van der Waals surface area (Å²) < 4.78 is 27.4. The molecule has 180 valence electrons. The van der Waals surface area contributed by atoms with Gasteiger partial charge < -0.3 is 23.7 Å². The second-order valence-corrected chi connectivity index (χ2v) is 7.69. The van der Waals surface area contributed by atoms with Crippen LogP contribution in [0.25, 0.3) is 21.2 Å². The summed E-state index contributed by atoms with van der Waals surface area (Å²) in [7, 11) is 0. The first-order chi connectivity index (χ1) is 16.3. The van der Waals surface area contributed by atoms with Crippen molar-refractivity contribution in [3.63, 3.8) is 0 Å². The second kappa shape index (κ2) is 11.5.